The number of nitrogens with one attached hydrogen (secondary N) is 1. The molecule has 6 heteroatoms. The summed E-state index contributed by atoms with van der Waals surface area (Å²) in [6.07, 6.45) is 1.57. The van der Waals surface area contributed by atoms with E-state index >= 15 is 0 Å². The van der Waals surface area contributed by atoms with Crippen molar-refractivity contribution in [2.45, 2.75) is 26.9 Å². The largest absolute Gasteiger partial charge is 0.347 e. The Hall–Kier alpha value is -2.57. The fraction of sp³-hybridized carbons (Fsp3) is 0.286. The number of aryl methyl sites for hydroxylation is 1. The van der Waals surface area contributed by atoms with Gasteiger partial charge in [0.2, 0.25) is 0 Å². The van der Waals surface area contributed by atoms with Crippen LogP contribution in [0.4, 0.5) is 0 Å². The molecule has 1 amide bonds. The molecule has 0 spiro atoms. The summed E-state index contributed by atoms with van der Waals surface area (Å²) in [5.41, 5.74) is 3.72. The topological polar surface area (TPSA) is 62.3 Å². The highest BCUT2D eigenvalue weighted by Gasteiger charge is 2.17. The molecule has 0 radical (unpaired) electrons. The summed E-state index contributed by atoms with van der Waals surface area (Å²) < 4.78 is 0. The molecule has 0 aliphatic carbocycles. The maximum absolute atomic E-state index is 12.6. The number of carbonyl (C=O) groups is 2. The summed E-state index contributed by atoms with van der Waals surface area (Å²) in [5.74, 6) is -0.143. The van der Waals surface area contributed by atoms with Crippen LogP contribution < -0.4 is 5.32 Å². The molecule has 0 aliphatic heterocycles. The van der Waals surface area contributed by atoms with Crippen molar-refractivity contribution in [3.05, 3.63) is 63.7 Å². The predicted octanol–water partition coefficient (Wildman–Crippen LogP) is 3.80. The molecule has 0 bridgehead atoms. The van der Waals surface area contributed by atoms with Gasteiger partial charge >= 0.3 is 0 Å². The summed E-state index contributed by atoms with van der Waals surface area (Å²) in [6, 6.07) is 10.1. The SMILES string of the molecule is CC(=O)c1cnc2sc(C(=O)NCc3ccc(CN(C)C)cc3)c(C)c2c1. The van der Waals surface area contributed by atoms with Crippen LogP contribution in [0.5, 0.6) is 0 Å². The van der Waals surface area contributed by atoms with E-state index in [0.717, 1.165) is 27.9 Å². The fourth-order valence-electron chi connectivity index (χ4n) is 2.90. The van der Waals surface area contributed by atoms with Gasteiger partial charge in [0.15, 0.2) is 5.78 Å². The second-order valence-electron chi connectivity index (χ2n) is 6.93. The van der Waals surface area contributed by atoms with Gasteiger partial charge in [0.1, 0.15) is 4.83 Å². The zero-order valence-corrected chi connectivity index (χ0v) is 16.8. The maximum atomic E-state index is 12.6. The Morgan fingerprint density at radius 2 is 1.81 bits per heavy atom. The zero-order valence-electron chi connectivity index (χ0n) is 16.0. The number of pyridine rings is 1. The number of hydrogen-bond acceptors (Lipinski definition) is 5. The number of nitrogens with zero attached hydrogens (tertiary/aromatic N) is 2. The van der Waals surface area contributed by atoms with Gasteiger partial charge in [-0.15, -0.1) is 11.3 Å². The summed E-state index contributed by atoms with van der Waals surface area (Å²) in [4.78, 5) is 32.1. The number of thiophene rings is 1. The van der Waals surface area contributed by atoms with E-state index in [2.05, 4.69) is 27.3 Å². The Bertz CT molecular complexity index is 991. The summed E-state index contributed by atoms with van der Waals surface area (Å²) >= 11 is 1.36. The molecular weight excluding hydrogens is 358 g/mol. The molecule has 3 aromatic rings. The minimum absolute atomic E-state index is 0.0290. The predicted molar refractivity (Wildman–Crippen MR) is 109 cm³/mol. The molecule has 0 aliphatic rings. The van der Waals surface area contributed by atoms with Gasteiger partial charge in [0.05, 0.1) is 4.88 Å². The van der Waals surface area contributed by atoms with Crippen molar-refractivity contribution >= 4 is 33.2 Å². The second-order valence-corrected chi connectivity index (χ2v) is 7.93. The maximum Gasteiger partial charge on any atom is 0.261 e. The molecule has 0 saturated carbocycles. The van der Waals surface area contributed by atoms with Crippen LogP contribution in [0.25, 0.3) is 10.2 Å². The third-order valence-electron chi connectivity index (χ3n) is 4.38. The van der Waals surface area contributed by atoms with Gasteiger partial charge in [0, 0.05) is 30.2 Å². The van der Waals surface area contributed by atoms with Crippen LogP contribution >= 0.6 is 11.3 Å². The molecule has 1 N–H and O–H groups in total. The van der Waals surface area contributed by atoms with E-state index in [1.54, 1.807) is 6.20 Å². The Morgan fingerprint density at radius 3 is 2.44 bits per heavy atom. The third-order valence-corrected chi connectivity index (χ3v) is 5.60. The number of carbonyl (C=O) groups excluding carboxylic acids is 2. The first-order chi connectivity index (χ1) is 12.8. The number of Topliss-reactive ketones (excluding diaryl/α,β-unsaturated/α-hetero) is 1. The van der Waals surface area contributed by atoms with E-state index in [1.807, 2.05) is 39.2 Å². The minimum atomic E-state index is -0.114. The Kier molecular flexibility index (Phi) is 5.68. The summed E-state index contributed by atoms with van der Waals surface area (Å²) in [6.45, 7) is 4.78. The van der Waals surface area contributed by atoms with Gasteiger partial charge in [-0.25, -0.2) is 4.98 Å². The Morgan fingerprint density at radius 1 is 1.15 bits per heavy atom. The molecule has 3 rings (SSSR count). The second kappa shape index (κ2) is 7.98. The van der Waals surface area contributed by atoms with Crippen LogP contribution in [0.3, 0.4) is 0 Å². The average molecular weight is 382 g/mol. The van der Waals surface area contributed by atoms with E-state index in [-0.39, 0.29) is 11.7 Å². The smallest absolute Gasteiger partial charge is 0.261 e. The zero-order chi connectivity index (χ0) is 19.6. The van der Waals surface area contributed by atoms with Crippen LogP contribution in [-0.4, -0.2) is 35.7 Å². The Balaban J connectivity index is 1.72. The molecule has 0 fully saturated rings. The first-order valence-corrected chi connectivity index (χ1v) is 9.57. The number of benzene rings is 1. The quantitative estimate of drug-likeness (QED) is 0.660. The lowest BCUT2D eigenvalue weighted by molar-refractivity contribution is 0.0953. The number of ketones is 1. The first kappa shape index (κ1) is 19.2. The fourth-order valence-corrected chi connectivity index (χ4v) is 3.95. The van der Waals surface area contributed by atoms with Crippen LogP contribution in [0, 0.1) is 6.92 Å². The van der Waals surface area contributed by atoms with E-state index in [0.29, 0.717) is 17.0 Å². The number of aromatic nitrogens is 1. The molecule has 2 heterocycles. The van der Waals surface area contributed by atoms with Crippen molar-refractivity contribution in [3.8, 4) is 0 Å². The van der Waals surface area contributed by atoms with E-state index in [4.69, 9.17) is 0 Å². The van der Waals surface area contributed by atoms with Gasteiger partial charge in [-0.05, 0) is 50.7 Å². The highest BCUT2D eigenvalue weighted by Crippen LogP contribution is 2.30. The number of rotatable bonds is 6. The van der Waals surface area contributed by atoms with Crippen LogP contribution in [-0.2, 0) is 13.1 Å². The third kappa shape index (κ3) is 4.40. The van der Waals surface area contributed by atoms with Crippen molar-refractivity contribution in [3.63, 3.8) is 0 Å². The molecule has 0 atom stereocenters. The number of amides is 1. The van der Waals surface area contributed by atoms with Gasteiger partial charge in [-0.2, -0.15) is 0 Å². The molecule has 27 heavy (non-hydrogen) atoms. The average Bonchev–Trinajstić information content (AvgIpc) is 2.96. The molecule has 0 saturated heterocycles. The van der Waals surface area contributed by atoms with Gasteiger partial charge in [-0.1, -0.05) is 24.3 Å². The molecule has 1 aromatic carbocycles. The first-order valence-electron chi connectivity index (χ1n) is 8.76. The van der Waals surface area contributed by atoms with E-state index < -0.39 is 0 Å². The van der Waals surface area contributed by atoms with E-state index in [1.165, 1.54) is 23.8 Å². The van der Waals surface area contributed by atoms with Crippen molar-refractivity contribution in [1.82, 2.24) is 15.2 Å². The molecule has 0 unspecified atom stereocenters. The lowest BCUT2D eigenvalue weighted by atomic mass is 10.1. The van der Waals surface area contributed by atoms with Crippen molar-refractivity contribution in [1.29, 1.82) is 0 Å². The van der Waals surface area contributed by atoms with Crippen LogP contribution in [0.15, 0.2) is 36.5 Å². The normalized spacial score (nSPS) is 11.1. The Labute approximate surface area is 163 Å². The lowest BCUT2D eigenvalue weighted by Crippen LogP contribution is -2.22. The van der Waals surface area contributed by atoms with Crippen molar-refractivity contribution in [2.24, 2.45) is 0 Å². The lowest BCUT2D eigenvalue weighted by Gasteiger charge is -2.10. The number of hydrogen-bond donors (Lipinski definition) is 1. The number of fused-ring (bicyclic) bond motifs is 1. The molecular formula is C21H23N3O2S. The summed E-state index contributed by atoms with van der Waals surface area (Å²) in [5, 5.41) is 3.85. The molecule has 5 nitrogen and oxygen atoms in total. The van der Waals surface area contributed by atoms with Gasteiger partial charge in [-0.3, -0.25) is 9.59 Å². The standard InChI is InChI=1S/C21H23N3O2S/c1-13-18-9-17(14(2)25)11-23-21(18)27-19(13)20(26)22-10-15-5-7-16(8-6-15)12-24(3)4/h5-9,11H,10,12H2,1-4H3,(H,22,26). The van der Waals surface area contributed by atoms with Crippen LogP contribution in [0.2, 0.25) is 0 Å². The minimum Gasteiger partial charge on any atom is -0.347 e. The monoisotopic (exact) mass is 381 g/mol. The van der Waals surface area contributed by atoms with E-state index in [9.17, 15) is 9.59 Å². The van der Waals surface area contributed by atoms with Crippen molar-refractivity contribution < 1.29 is 9.59 Å². The highest BCUT2D eigenvalue weighted by molar-refractivity contribution is 7.20. The molecule has 2 aromatic heterocycles. The van der Waals surface area contributed by atoms with Crippen molar-refractivity contribution in [2.75, 3.05) is 14.1 Å². The summed E-state index contributed by atoms with van der Waals surface area (Å²) in [7, 11) is 4.07. The highest BCUT2D eigenvalue weighted by atomic mass is 32.1. The van der Waals surface area contributed by atoms with Gasteiger partial charge in [0.25, 0.3) is 5.91 Å². The van der Waals surface area contributed by atoms with Crippen LogP contribution in [0.1, 0.15) is 43.6 Å². The molecule has 140 valence electrons. The van der Waals surface area contributed by atoms with Gasteiger partial charge < -0.3 is 10.2 Å².